The number of halogens is 2. The molecule has 0 aliphatic carbocycles. The molecule has 0 saturated heterocycles. The maximum Gasteiger partial charge on any atom is 0.142 e. The smallest absolute Gasteiger partial charge is 0.142 e. The number of aryl methyl sites for hydroxylation is 1. The maximum absolute atomic E-state index is 14.6. The van der Waals surface area contributed by atoms with E-state index in [0.717, 1.165) is 17.7 Å². The van der Waals surface area contributed by atoms with Gasteiger partial charge in [0.25, 0.3) is 0 Å². The van der Waals surface area contributed by atoms with E-state index in [9.17, 15) is 8.78 Å². The molecule has 1 nitrogen and oxygen atoms in total. The van der Waals surface area contributed by atoms with Gasteiger partial charge in [-0.25, -0.2) is 8.78 Å². The molecule has 5 heteroatoms. The molecule has 2 aromatic carbocycles. The van der Waals surface area contributed by atoms with Crippen LogP contribution in [0.15, 0.2) is 53.5 Å². The molecule has 30 heavy (non-hydrogen) atoms. The van der Waals surface area contributed by atoms with Gasteiger partial charge in [0.05, 0.1) is 21.3 Å². The number of hydrogen-bond donors (Lipinski definition) is 0. The average molecular weight is 438 g/mol. The summed E-state index contributed by atoms with van der Waals surface area (Å²) >= 11 is 6.16. The molecule has 1 aromatic heterocycles. The van der Waals surface area contributed by atoms with Crippen molar-refractivity contribution in [1.29, 1.82) is 0 Å². The van der Waals surface area contributed by atoms with Crippen LogP contribution in [0.5, 0.6) is 0 Å². The number of thiophene rings is 1. The van der Waals surface area contributed by atoms with Gasteiger partial charge < -0.3 is 0 Å². The molecule has 3 rings (SSSR count). The van der Waals surface area contributed by atoms with E-state index in [1.54, 1.807) is 35.6 Å². The fourth-order valence-electron chi connectivity index (χ4n) is 3.07. The highest BCUT2D eigenvalue weighted by atomic mass is 32.1. The molecule has 0 spiro atoms. The van der Waals surface area contributed by atoms with Crippen molar-refractivity contribution in [2.75, 3.05) is 0 Å². The van der Waals surface area contributed by atoms with Crippen molar-refractivity contribution in [2.24, 2.45) is 4.99 Å². The van der Waals surface area contributed by atoms with Crippen LogP contribution in [-0.4, -0.2) is 5.16 Å². The Labute approximate surface area is 185 Å². The zero-order chi connectivity index (χ0) is 21.3. The quantitative estimate of drug-likeness (QED) is 0.158. The second kappa shape index (κ2) is 10.9. The number of benzene rings is 2. The third-order valence-electron chi connectivity index (χ3n) is 4.67. The lowest BCUT2D eigenvalue weighted by atomic mass is 10.0. The van der Waals surface area contributed by atoms with Crippen LogP contribution < -0.4 is 0 Å². The zero-order valence-electron chi connectivity index (χ0n) is 16.7. The molecule has 0 bridgehead atoms. The van der Waals surface area contributed by atoms with Crippen molar-refractivity contribution in [3.8, 4) is 23.0 Å². The zero-order valence-corrected chi connectivity index (χ0v) is 18.3. The van der Waals surface area contributed by atoms with Crippen LogP contribution in [0.3, 0.4) is 0 Å². The number of rotatable bonds is 7. The summed E-state index contributed by atoms with van der Waals surface area (Å²) in [6.07, 6.45) is 5.87. The normalized spacial score (nSPS) is 10.2. The first-order valence-corrected chi connectivity index (χ1v) is 11.1. The first-order valence-electron chi connectivity index (χ1n) is 9.88. The molecule has 1 heterocycles. The molecule has 0 N–H and O–H groups in total. The van der Waals surface area contributed by atoms with Crippen LogP contribution in [0, 0.1) is 23.5 Å². The van der Waals surface area contributed by atoms with Gasteiger partial charge in [0.2, 0.25) is 0 Å². The summed E-state index contributed by atoms with van der Waals surface area (Å²) in [5.74, 6) is 4.23. The van der Waals surface area contributed by atoms with Crippen LogP contribution in [0.2, 0.25) is 0 Å². The second-order valence-corrected chi connectivity index (χ2v) is 8.24. The van der Waals surface area contributed by atoms with E-state index < -0.39 is 11.6 Å². The fraction of sp³-hybridized carbons (Fsp3) is 0.240. The minimum atomic E-state index is -0.671. The summed E-state index contributed by atoms with van der Waals surface area (Å²) in [6, 6.07) is 13.5. The highest BCUT2D eigenvalue weighted by Crippen LogP contribution is 2.26. The van der Waals surface area contributed by atoms with Crippen LogP contribution in [-0.2, 0) is 6.42 Å². The number of hydrogen-bond acceptors (Lipinski definition) is 3. The lowest BCUT2D eigenvalue weighted by molar-refractivity contribution is 0.578. The van der Waals surface area contributed by atoms with Crippen LogP contribution in [0.4, 0.5) is 14.5 Å². The highest BCUT2D eigenvalue weighted by Gasteiger charge is 2.11. The molecule has 0 unspecified atom stereocenters. The molecule has 152 valence electrons. The van der Waals surface area contributed by atoms with E-state index in [4.69, 9.17) is 0 Å². The molecule has 3 aromatic rings. The standard InChI is InChI=1S/C25H21F2NS2/c1-2-3-4-5-6-21-11-12-22(30-21)13-14-23-24(26)15-19(16-25(23)27)18-7-9-20(10-8-18)28-17-29/h7-12,15-16H,2-6H2,1H3. The Hall–Kier alpha value is -2.64. The molecule has 0 atom stereocenters. The predicted octanol–water partition coefficient (Wildman–Crippen LogP) is 7.95. The monoisotopic (exact) mass is 437 g/mol. The largest absolute Gasteiger partial charge is 0.205 e. The highest BCUT2D eigenvalue weighted by molar-refractivity contribution is 7.78. The number of thiocarbonyl (C=S) groups is 1. The van der Waals surface area contributed by atoms with Crippen molar-refractivity contribution < 1.29 is 8.78 Å². The third kappa shape index (κ3) is 5.93. The van der Waals surface area contributed by atoms with Gasteiger partial charge in [-0.05, 0) is 72.6 Å². The van der Waals surface area contributed by atoms with Gasteiger partial charge >= 0.3 is 0 Å². The van der Waals surface area contributed by atoms with E-state index >= 15 is 0 Å². The number of nitrogens with zero attached hydrogens (tertiary/aromatic N) is 1. The first-order chi connectivity index (χ1) is 14.6. The maximum atomic E-state index is 14.6. The van der Waals surface area contributed by atoms with Crippen LogP contribution in [0.1, 0.15) is 47.9 Å². The van der Waals surface area contributed by atoms with Crippen molar-refractivity contribution in [2.45, 2.75) is 39.0 Å². The topological polar surface area (TPSA) is 12.4 Å². The Morgan fingerprint density at radius 2 is 1.63 bits per heavy atom. The van der Waals surface area contributed by atoms with Gasteiger partial charge in [0.15, 0.2) is 0 Å². The van der Waals surface area contributed by atoms with Gasteiger partial charge in [0.1, 0.15) is 11.6 Å². The van der Waals surface area contributed by atoms with E-state index in [2.05, 4.69) is 41.1 Å². The third-order valence-corrected chi connectivity index (χ3v) is 5.82. The van der Waals surface area contributed by atoms with Gasteiger partial charge in [-0.1, -0.05) is 50.2 Å². The van der Waals surface area contributed by atoms with E-state index in [-0.39, 0.29) is 5.56 Å². The predicted molar refractivity (Wildman–Crippen MR) is 125 cm³/mol. The summed E-state index contributed by atoms with van der Waals surface area (Å²) in [5.41, 5.74) is 1.55. The number of aliphatic imine (C=N–C) groups is 1. The van der Waals surface area contributed by atoms with Gasteiger partial charge in [-0.2, -0.15) is 4.99 Å². The summed E-state index contributed by atoms with van der Waals surface area (Å²) in [5, 5.41) is 2.29. The van der Waals surface area contributed by atoms with Crippen molar-refractivity contribution in [1.82, 2.24) is 0 Å². The first kappa shape index (κ1) is 22.1. The lowest BCUT2D eigenvalue weighted by Gasteiger charge is -2.05. The molecule has 0 fully saturated rings. The molecule has 0 amide bonds. The molecule has 0 aliphatic heterocycles. The summed E-state index contributed by atoms with van der Waals surface area (Å²) < 4.78 is 29.1. The summed E-state index contributed by atoms with van der Waals surface area (Å²) in [4.78, 5) is 5.94. The molecular weight excluding hydrogens is 416 g/mol. The van der Waals surface area contributed by atoms with Gasteiger partial charge in [-0.15, -0.1) is 11.3 Å². The minimum Gasteiger partial charge on any atom is -0.205 e. The van der Waals surface area contributed by atoms with Gasteiger partial charge in [-0.3, -0.25) is 0 Å². The Morgan fingerprint density at radius 3 is 2.30 bits per heavy atom. The summed E-state index contributed by atoms with van der Waals surface area (Å²) in [6.45, 7) is 2.19. The minimum absolute atomic E-state index is 0.210. The number of isothiocyanates is 1. The van der Waals surface area contributed by atoms with E-state index in [0.29, 0.717) is 16.8 Å². The lowest BCUT2D eigenvalue weighted by Crippen LogP contribution is -1.92. The fourth-order valence-corrected chi connectivity index (χ4v) is 4.08. The van der Waals surface area contributed by atoms with Crippen molar-refractivity contribution in [3.05, 3.63) is 75.5 Å². The molecule has 0 aliphatic rings. The number of unbranched alkanes of at least 4 members (excludes halogenated alkanes) is 3. The molecule has 0 radical (unpaired) electrons. The summed E-state index contributed by atoms with van der Waals surface area (Å²) in [7, 11) is 0. The van der Waals surface area contributed by atoms with Crippen LogP contribution >= 0.6 is 23.6 Å². The second-order valence-electron chi connectivity index (χ2n) is 6.89. The van der Waals surface area contributed by atoms with Crippen molar-refractivity contribution >= 4 is 34.4 Å². The van der Waals surface area contributed by atoms with E-state index in [1.165, 1.54) is 36.3 Å². The SMILES string of the molecule is CCCCCCc1ccc(C#Cc2c(F)cc(-c3ccc(N=C=S)cc3)cc2F)s1. The van der Waals surface area contributed by atoms with Gasteiger partial charge in [0, 0.05) is 4.88 Å². The Balaban J connectivity index is 1.75. The van der Waals surface area contributed by atoms with E-state index in [1.807, 2.05) is 12.1 Å². The average Bonchev–Trinajstić information content (AvgIpc) is 3.19. The molecular formula is C25H21F2NS2. The Kier molecular flexibility index (Phi) is 8.04. The van der Waals surface area contributed by atoms with Crippen molar-refractivity contribution in [3.63, 3.8) is 0 Å². The Morgan fingerprint density at radius 1 is 0.900 bits per heavy atom. The Bertz CT molecular complexity index is 1090. The molecule has 0 saturated carbocycles. The van der Waals surface area contributed by atoms with Crippen LogP contribution in [0.25, 0.3) is 11.1 Å².